The Labute approximate surface area is 337 Å². The molecule has 0 aliphatic carbocycles. The van der Waals surface area contributed by atoms with Crippen molar-refractivity contribution < 1.29 is 32.7 Å². The standard InChI is InChI=1S/C26H32ClF3N8O4.C14H21N/c1-5-19(31-3)23(37(11-9-33-15-39)10-8-21-24(41)16(2)34-14-35-21)25(42)38(32-4)13-22(40)36-20-7-6-17(12-18(20)27)26(28,29)30;1-4-5-6-10-14-12(2)8-7-9-13(14)11-15-3/h6-7,12,14-15,31,41H,4-5,8-11,13H2,1-3H3,(H,33,39)(H,36,40);7-9H,3-6,10-11H2,1-2H3/b23-19+;. The van der Waals surface area contributed by atoms with E-state index in [0.29, 0.717) is 36.0 Å². The van der Waals surface area contributed by atoms with E-state index in [-0.39, 0.29) is 48.2 Å². The highest BCUT2D eigenvalue weighted by atomic mass is 35.5. The Bertz CT molecular complexity index is 1850. The summed E-state index contributed by atoms with van der Waals surface area (Å²) >= 11 is 5.94. The lowest BCUT2D eigenvalue weighted by molar-refractivity contribution is -0.137. The van der Waals surface area contributed by atoms with E-state index in [9.17, 15) is 32.7 Å². The highest BCUT2D eigenvalue weighted by molar-refractivity contribution is 6.33. The van der Waals surface area contributed by atoms with Gasteiger partial charge in [-0.15, -0.1) is 0 Å². The number of aliphatic imine (C=N–C) groups is 1. The van der Waals surface area contributed by atoms with E-state index in [1.54, 1.807) is 25.8 Å². The van der Waals surface area contributed by atoms with E-state index in [1.807, 2.05) is 0 Å². The Morgan fingerprint density at radius 1 is 1.05 bits per heavy atom. The largest absolute Gasteiger partial charge is 0.504 e. The second-order valence-electron chi connectivity index (χ2n) is 12.8. The first kappa shape index (κ1) is 47.6. The monoisotopic (exact) mass is 815 g/mol. The molecule has 0 aliphatic heterocycles. The molecule has 1 heterocycles. The molecule has 3 aromatic rings. The van der Waals surface area contributed by atoms with Gasteiger partial charge in [0.25, 0.3) is 5.91 Å². The second-order valence-corrected chi connectivity index (χ2v) is 13.2. The predicted octanol–water partition coefficient (Wildman–Crippen LogP) is 6.61. The summed E-state index contributed by atoms with van der Waals surface area (Å²) in [6.45, 7) is 15.4. The predicted molar refractivity (Wildman–Crippen MR) is 218 cm³/mol. The molecule has 17 heteroatoms. The maximum absolute atomic E-state index is 13.8. The topological polar surface area (TPSA) is 165 Å². The van der Waals surface area contributed by atoms with Crippen LogP contribution in [0, 0.1) is 13.8 Å². The molecule has 0 saturated heterocycles. The zero-order chi connectivity index (χ0) is 42.5. The summed E-state index contributed by atoms with van der Waals surface area (Å²) in [5, 5.41) is 22.4. The maximum Gasteiger partial charge on any atom is 0.416 e. The number of aromatic nitrogens is 2. The fourth-order valence-corrected chi connectivity index (χ4v) is 6.05. The van der Waals surface area contributed by atoms with Crippen LogP contribution in [-0.2, 0) is 39.9 Å². The van der Waals surface area contributed by atoms with Gasteiger partial charge in [0.05, 0.1) is 34.2 Å². The number of aromatic hydroxyl groups is 1. The number of hydrogen-bond donors (Lipinski definition) is 4. The summed E-state index contributed by atoms with van der Waals surface area (Å²) in [6.07, 6.45) is 2.82. The Kier molecular flexibility index (Phi) is 20.2. The summed E-state index contributed by atoms with van der Waals surface area (Å²) in [6, 6.07) is 8.91. The number of aryl methyl sites for hydroxylation is 2. The van der Waals surface area contributed by atoms with Crippen LogP contribution in [0.5, 0.6) is 5.75 Å². The number of nitrogens with one attached hydrogen (secondary N) is 3. The average molecular weight is 816 g/mol. The molecule has 0 spiro atoms. The van der Waals surface area contributed by atoms with Crippen LogP contribution >= 0.6 is 11.6 Å². The third kappa shape index (κ3) is 14.8. The number of alkyl halides is 3. The number of halogens is 4. The van der Waals surface area contributed by atoms with Gasteiger partial charge in [-0.05, 0) is 74.7 Å². The Morgan fingerprint density at radius 3 is 2.39 bits per heavy atom. The SMILES string of the molecule is C=NCc1cccc(C)c1CCCCC.C=NN(CC(=O)Nc1ccc(C(F)(F)F)cc1Cl)C(=O)/C(=C(/CC)NC)N(CCNC=O)CCc1ncnc(C)c1O. The van der Waals surface area contributed by atoms with Crippen molar-refractivity contribution in [2.75, 3.05) is 38.5 Å². The molecule has 4 N–H and O–H groups in total. The molecule has 0 unspecified atom stereocenters. The minimum atomic E-state index is -4.62. The molecule has 0 aliphatic rings. The third-order valence-electron chi connectivity index (χ3n) is 8.86. The third-order valence-corrected chi connectivity index (χ3v) is 9.17. The molecule has 3 rings (SSSR count). The summed E-state index contributed by atoms with van der Waals surface area (Å²) in [5.74, 6) is -1.61. The number of anilines is 1. The van der Waals surface area contributed by atoms with Crippen molar-refractivity contribution in [1.29, 1.82) is 0 Å². The molecule has 1 aromatic heterocycles. The number of hydrogen-bond acceptors (Lipinski definition) is 10. The number of unbranched alkanes of at least 4 members (excludes halogenated alkanes) is 2. The number of rotatable bonds is 21. The Hall–Kier alpha value is -5.51. The zero-order valence-corrected chi connectivity index (χ0v) is 33.9. The minimum absolute atomic E-state index is 0.0855. The van der Waals surface area contributed by atoms with E-state index < -0.39 is 30.1 Å². The molecule has 0 saturated carbocycles. The number of amides is 3. The van der Waals surface area contributed by atoms with Crippen LogP contribution in [0.4, 0.5) is 18.9 Å². The van der Waals surface area contributed by atoms with Gasteiger partial charge in [-0.3, -0.25) is 19.4 Å². The Morgan fingerprint density at radius 2 is 1.79 bits per heavy atom. The van der Waals surface area contributed by atoms with Gasteiger partial charge >= 0.3 is 6.18 Å². The van der Waals surface area contributed by atoms with Crippen LogP contribution in [0.3, 0.4) is 0 Å². The first-order valence-corrected chi connectivity index (χ1v) is 18.8. The van der Waals surface area contributed by atoms with Crippen molar-refractivity contribution >= 4 is 48.9 Å². The van der Waals surface area contributed by atoms with Crippen LogP contribution < -0.4 is 16.0 Å². The lowest BCUT2D eigenvalue weighted by atomic mass is 9.97. The molecule has 57 heavy (non-hydrogen) atoms. The van der Waals surface area contributed by atoms with Gasteiger partial charge < -0.3 is 26.0 Å². The van der Waals surface area contributed by atoms with Crippen molar-refractivity contribution in [3.63, 3.8) is 0 Å². The number of hydrazone groups is 1. The molecular formula is C40H53ClF3N9O4. The van der Waals surface area contributed by atoms with E-state index in [4.69, 9.17) is 11.6 Å². The van der Waals surface area contributed by atoms with E-state index in [0.717, 1.165) is 23.7 Å². The number of nitrogens with zero attached hydrogens (tertiary/aromatic N) is 6. The first-order chi connectivity index (χ1) is 27.2. The number of benzene rings is 2. The van der Waals surface area contributed by atoms with Gasteiger partial charge in [-0.2, -0.15) is 18.3 Å². The fourth-order valence-electron chi connectivity index (χ4n) is 5.82. The van der Waals surface area contributed by atoms with Crippen LogP contribution in [-0.4, -0.2) is 89.9 Å². The summed E-state index contributed by atoms with van der Waals surface area (Å²) in [7, 11) is 1.61. The molecule has 0 radical (unpaired) electrons. The van der Waals surface area contributed by atoms with Gasteiger partial charge in [0.1, 0.15) is 18.6 Å². The van der Waals surface area contributed by atoms with Crippen LogP contribution in [0.15, 0.2) is 64.2 Å². The van der Waals surface area contributed by atoms with E-state index in [1.165, 1.54) is 48.7 Å². The van der Waals surface area contributed by atoms with Crippen molar-refractivity contribution in [2.24, 2.45) is 10.1 Å². The average Bonchev–Trinajstić information content (AvgIpc) is 3.17. The van der Waals surface area contributed by atoms with Gasteiger partial charge in [0.15, 0.2) is 5.75 Å². The number of allylic oxidation sites excluding steroid dienone is 1. The molecule has 0 bridgehead atoms. The summed E-state index contributed by atoms with van der Waals surface area (Å²) in [4.78, 5) is 51.2. The van der Waals surface area contributed by atoms with Crippen molar-refractivity contribution in [3.8, 4) is 5.75 Å². The zero-order valence-electron chi connectivity index (χ0n) is 33.2. The van der Waals surface area contributed by atoms with Crippen molar-refractivity contribution in [3.05, 3.63) is 92.8 Å². The number of carbonyl (C=O) groups is 3. The van der Waals surface area contributed by atoms with Crippen molar-refractivity contribution in [1.82, 2.24) is 30.5 Å². The quantitative estimate of drug-likeness (QED) is 0.0307. The van der Waals surface area contributed by atoms with Crippen LogP contribution in [0.25, 0.3) is 0 Å². The molecular weight excluding hydrogens is 763 g/mol. The van der Waals surface area contributed by atoms with Gasteiger partial charge in [0.2, 0.25) is 12.3 Å². The molecule has 13 nitrogen and oxygen atoms in total. The van der Waals surface area contributed by atoms with Crippen LogP contribution in [0.2, 0.25) is 5.02 Å². The fraction of sp³-hybridized carbons (Fsp3) is 0.425. The van der Waals surface area contributed by atoms with Crippen LogP contribution in [0.1, 0.15) is 73.2 Å². The molecule has 0 fully saturated rings. The van der Waals surface area contributed by atoms with Gasteiger partial charge in [-0.25, -0.2) is 15.0 Å². The second kappa shape index (κ2) is 24.2. The maximum atomic E-state index is 13.8. The van der Waals surface area contributed by atoms with Gasteiger partial charge in [-0.1, -0.05) is 56.5 Å². The normalized spacial score (nSPS) is 11.3. The highest BCUT2D eigenvalue weighted by Crippen LogP contribution is 2.34. The van der Waals surface area contributed by atoms with E-state index >= 15 is 0 Å². The molecule has 3 amide bonds. The highest BCUT2D eigenvalue weighted by Gasteiger charge is 2.31. The first-order valence-electron chi connectivity index (χ1n) is 18.4. The van der Waals surface area contributed by atoms with Gasteiger partial charge in [0, 0.05) is 45.5 Å². The summed E-state index contributed by atoms with van der Waals surface area (Å²) < 4.78 is 38.9. The lowest BCUT2D eigenvalue weighted by Gasteiger charge is -2.31. The number of carbonyl (C=O) groups excluding carboxylic acids is 3. The summed E-state index contributed by atoms with van der Waals surface area (Å²) in [5.41, 5.74) is 4.47. The van der Waals surface area contributed by atoms with E-state index in [2.05, 4.69) is 81.5 Å². The molecule has 0 atom stereocenters. The smallest absolute Gasteiger partial charge is 0.416 e. The lowest BCUT2D eigenvalue weighted by Crippen LogP contribution is -2.43. The minimum Gasteiger partial charge on any atom is -0.504 e. The van der Waals surface area contributed by atoms with Crippen molar-refractivity contribution in [2.45, 2.75) is 78.9 Å². The molecule has 310 valence electrons. The Balaban J connectivity index is 0.000000623. The molecule has 2 aromatic carbocycles.